The summed E-state index contributed by atoms with van der Waals surface area (Å²) in [5.74, 6) is 0.638. The summed E-state index contributed by atoms with van der Waals surface area (Å²) in [5, 5.41) is 10.8. The van der Waals surface area contributed by atoms with Crippen molar-refractivity contribution < 1.29 is 9.32 Å². The molecule has 0 bridgehead atoms. The highest BCUT2D eigenvalue weighted by atomic mass is 16.5. The molecule has 0 spiro atoms. The minimum atomic E-state index is -0.156. The van der Waals surface area contributed by atoms with Crippen molar-refractivity contribution in [2.24, 2.45) is 0 Å². The second kappa shape index (κ2) is 10.3. The van der Waals surface area contributed by atoms with Gasteiger partial charge in [-0.1, -0.05) is 41.6 Å². The van der Waals surface area contributed by atoms with Gasteiger partial charge in [-0.3, -0.25) is 9.78 Å². The zero-order valence-corrected chi connectivity index (χ0v) is 18.9. The van der Waals surface area contributed by atoms with Crippen molar-refractivity contribution in [3.05, 3.63) is 96.4 Å². The van der Waals surface area contributed by atoms with Gasteiger partial charge in [-0.25, -0.2) is 0 Å². The lowest BCUT2D eigenvalue weighted by Gasteiger charge is -2.34. The minimum absolute atomic E-state index is 0.156. The van der Waals surface area contributed by atoms with Gasteiger partial charge < -0.3 is 20.1 Å². The lowest BCUT2D eigenvalue weighted by Crippen LogP contribution is -2.42. The van der Waals surface area contributed by atoms with Crippen molar-refractivity contribution >= 4 is 17.3 Å². The summed E-state index contributed by atoms with van der Waals surface area (Å²) in [6, 6.07) is 24.0. The summed E-state index contributed by atoms with van der Waals surface area (Å²) in [6.07, 6.45) is 5.30. The first kappa shape index (κ1) is 21.9. The standard InChI is InChI=1S/C27H27N5O2/c33-27(21-8-5-13-28-18-21)30-23-9-4-10-25(16-23)32-14-11-22(12-15-32)29-19-24-17-26(34-31-24)20-6-2-1-3-7-20/h1-10,13,16-18,22,29H,11-12,14-15,19H2,(H,30,33). The van der Waals surface area contributed by atoms with Gasteiger partial charge in [0.2, 0.25) is 0 Å². The molecule has 4 aromatic rings. The Morgan fingerprint density at radius 2 is 1.85 bits per heavy atom. The van der Waals surface area contributed by atoms with Crippen LogP contribution in [0.1, 0.15) is 28.9 Å². The van der Waals surface area contributed by atoms with Crippen molar-refractivity contribution in [2.75, 3.05) is 23.3 Å². The van der Waals surface area contributed by atoms with Gasteiger partial charge in [0, 0.05) is 61.1 Å². The molecule has 7 heteroatoms. The van der Waals surface area contributed by atoms with Gasteiger partial charge in [0.15, 0.2) is 5.76 Å². The summed E-state index contributed by atoms with van der Waals surface area (Å²) >= 11 is 0. The van der Waals surface area contributed by atoms with Crippen LogP contribution in [0.2, 0.25) is 0 Å². The van der Waals surface area contributed by atoms with Gasteiger partial charge in [0.1, 0.15) is 0 Å². The van der Waals surface area contributed by atoms with E-state index in [0.717, 1.165) is 54.3 Å². The Kier molecular flexibility index (Phi) is 6.63. The van der Waals surface area contributed by atoms with Gasteiger partial charge in [0.05, 0.1) is 11.3 Å². The van der Waals surface area contributed by atoms with Crippen molar-refractivity contribution in [1.82, 2.24) is 15.5 Å². The molecule has 1 aliphatic rings. The Morgan fingerprint density at radius 3 is 2.65 bits per heavy atom. The van der Waals surface area contributed by atoms with Crippen LogP contribution in [0.25, 0.3) is 11.3 Å². The number of benzene rings is 2. The van der Waals surface area contributed by atoms with Gasteiger partial charge in [-0.05, 0) is 43.2 Å². The number of rotatable bonds is 7. The quantitative estimate of drug-likeness (QED) is 0.420. The Bertz CT molecular complexity index is 1220. The van der Waals surface area contributed by atoms with E-state index in [4.69, 9.17) is 4.52 Å². The average molecular weight is 454 g/mol. The summed E-state index contributed by atoms with van der Waals surface area (Å²) in [7, 11) is 0. The van der Waals surface area contributed by atoms with Crippen LogP contribution < -0.4 is 15.5 Å². The molecule has 2 N–H and O–H groups in total. The normalized spacial score (nSPS) is 14.2. The molecule has 1 saturated heterocycles. The van der Waals surface area contributed by atoms with Gasteiger partial charge >= 0.3 is 0 Å². The number of hydrogen-bond acceptors (Lipinski definition) is 6. The monoisotopic (exact) mass is 453 g/mol. The molecule has 1 aliphatic heterocycles. The number of anilines is 2. The van der Waals surface area contributed by atoms with E-state index in [-0.39, 0.29) is 5.91 Å². The summed E-state index contributed by atoms with van der Waals surface area (Å²) in [4.78, 5) is 18.8. The van der Waals surface area contributed by atoms with Gasteiger partial charge in [0.25, 0.3) is 5.91 Å². The molecule has 34 heavy (non-hydrogen) atoms. The van der Waals surface area contributed by atoms with E-state index in [2.05, 4.69) is 31.7 Å². The largest absolute Gasteiger partial charge is 0.371 e. The number of carbonyl (C=O) groups is 1. The number of hydrogen-bond donors (Lipinski definition) is 2. The second-order valence-corrected chi connectivity index (χ2v) is 8.44. The highest BCUT2D eigenvalue weighted by Crippen LogP contribution is 2.24. The van der Waals surface area contributed by atoms with Crippen LogP contribution in [0.5, 0.6) is 0 Å². The third kappa shape index (κ3) is 5.32. The molecular formula is C27H27N5O2. The van der Waals surface area contributed by atoms with Crippen LogP contribution in [-0.2, 0) is 6.54 Å². The molecule has 3 heterocycles. The maximum absolute atomic E-state index is 12.4. The number of nitrogens with one attached hydrogen (secondary N) is 2. The summed E-state index contributed by atoms with van der Waals surface area (Å²) < 4.78 is 5.50. The number of carbonyl (C=O) groups excluding carboxylic acids is 1. The van der Waals surface area contributed by atoms with Crippen molar-refractivity contribution in [1.29, 1.82) is 0 Å². The molecule has 2 aromatic carbocycles. The Labute approximate surface area is 198 Å². The minimum Gasteiger partial charge on any atom is -0.371 e. The number of pyridine rings is 1. The van der Waals surface area contributed by atoms with E-state index >= 15 is 0 Å². The number of aromatic nitrogens is 2. The molecule has 5 rings (SSSR count). The molecule has 172 valence electrons. The average Bonchev–Trinajstić information content (AvgIpc) is 3.38. The fraction of sp³-hybridized carbons (Fsp3) is 0.222. The van der Waals surface area contributed by atoms with Gasteiger partial charge in [-0.2, -0.15) is 0 Å². The fourth-order valence-corrected chi connectivity index (χ4v) is 4.21. The third-order valence-corrected chi connectivity index (χ3v) is 6.08. The molecule has 0 atom stereocenters. The lowest BCUT2D eigenvalue weighted by atomic mass is 10.0. The molecule has 0 aliphatic carbocycles. The van der Waals surface area contributed by atoms with E-state index in [9.17, 15) is 4.79 Å². The summed E-state index contributed by atoms with van der Waals surface area (Å²) in [5.41, 5.74) is 4.40. The topological polar surface area (TPSA) is 83.3 Å². The van der Waals surface area contributed by atoms with Gasteiger partial charge in [-0.15, -0.1) is 0 Å². The maximum atomic E-state index is 12.4. The second-order valence-electron chi connectivity index (χ2n) is 8.44. The first-order valence-corrected chi connectivity index (χ1v) is 11.6. The molecule has 0 unspecified atom stereocenters. The van der Waals surface area contributed by atoms with Crippen LogP contribution >= 0.6 is 0 Å². The van der Waals surface area contributed by atoms with Crippen LogP contribution in [-0.4, -0.2) is 35.2 Å². The molecular weight excluding hydrogens is 426 g/mol. The lowest BCUT2D eigenvalue weighted by molar-refractivity contribution is 0.102. The predicted octanol–water partition coefficient (Wildman–Crippen LogP) is 4.75. The zero-order valence-electron chi connectivity index (χ0n) is 18.9. The Balaban J connectivity index is 1.12. The molecule has 0 radical (unpaired) electrons. The van der Waals surface area contributed by atoms with E-state index in [1.54, 1.807) is 24.5 Å². The molecule has 1 amide bonds. The van der Waals surface area contributed by atoms with Crippen LogP contribution in [0.3, 0.4) is 0 Å². The first-order valence-electron chi connectivity index (χ1n) is 11.6. The molecule has 0 saturated carbocycles. The van der Waals surface area contributed by atoms with Crippen molar-refractivity contribution in [3.8, 4) is 11.3 Å². The first-order chi connectivity index (χ1) is 16.7. The number of piperidine rings is 1. The summed E-state index contributed by atoms with van der Waals surface area (Å²) in [6.45, 7) is 2.59. The highest BCUT2D eigenvalue weighted by Gasteiger charge is 2.20. The van der Waals surface area contributed by atoms with Crippen LogP contribution in [0, 0.1) is 0 Å². The fourth-order valence-electron chi connectivity index (χ4n) is 4.21. The van der Waals surface area contributed by atoms with E-state index in [1.807, 2.05) is 54.6 Å². The van der Waals surface area contributed by atoms with Crippen molar-refractivity contribution in [2.45, 2.75) is 25.4 Å². The van der Waals surface area contributed by atoms with Crippen LogP contribution in [0.4, 0.5) is 11.4 Å². The SMILES string of the molecule is O=C(Nc1cccc(N2CCC(NCc3cc(-c4ccccc4)on3)CC2)c1)c1cccnc1. The molecule has 7 nitrogen and oxygen atoms in total. The maximum Gasteiger partial charge on any atom is 0.257 e. The Morgan fingerprint density at radius 1 is 1.00 bits per heavy atom. The van der Waals surface area contributed by atoms with Crippen LogP contribution in [0.15, 0.2) is 89.7 Å². The number of nitrogens with zero attached hydrogens (tertiary/aromatic N) is 3. The highest BCUT2D eigenvalue weighted by molar-refractivity contribution is 6.04. The van der Waals surface area contributed by atoms with E-state index < -0.39 is 0 Å². The third-order valence-electron chi connectivity index (χ3n) is 6.08. The number of amides is 1. The molecule has 2 aromatic heterocycles. The Hall–Kier alpha value is -3.97. The predicted molar refractivity (Wildman–Crippen MR) is 133 cm³/mol. The zero-order chi connectivity index (χ0) is 23.2. The smallest absolute Gasteiger partial charge is 0.257 e. The van der Waals surface area contributed by atoms with E-state index in [1.165, 1.54) is 0 Å². The molecule has 1 fully saturated rings. The van der Waals surface area contributed by atoms with E-state index in [0.29, 0.717) is 18.2 Å². The van der Waals surface area contributed by atoms with Crippen molar-refractivity contribution in [3.63, 3.8) is 0 Å².